The number of hydrogen-bond acceptors (Lipinski definition) is 2. The minimum atomic E-state index is -0.289. The lowest BCUT2D eigenvalue weighted by Crippen LogP contribution is -2.25. The molecule has 0 spiro atoms. The average Bonchev–Trinajstić information content (AvgIpc) is 2.44. The molecule has 0 saturated heterocycles. The van der Waals surface area contributed by atoms with E-state index in [0.717, 1.165) is 24.0 Å². The molecular weight excluding hydrogens is 269 g/mol. The van der Waals surface area contributed by atoms with Gasteiger partial charge in [0.05, 0.1) is 0 Å². The zero-order valence-corrected chi connectivity index (χ0v) is 12.9. The van der Waals surface area contributed by atoms with Crippen molar-refractivity contribution in [3.63, 3.8) is 0 Å². The fourth-order valence-electron chi connectivity index (χ4n) is 1.90. The minimum absolute atomic E-state index is 0.107. The first-order chi connectivity index (χ1) is 9.84. The summed E-state index contributed by atoms with van der Waals surface area (Å²) in [5, 5.41) is 12.0. The Bertz CT molecular complexity index is 492. The molecule has 0 aliphatic heterocycles. The summed E-state index contributed by atoms with van der Waals surface area (Å²) in [5.74, 6) is -0.443. The lowest BCUT2D eigenvalue weighted by atomic mass is 9.89. The van der Waals surface area contributed by atoms with Crippen molar-refractivity contribution >= 4 is 11.5 Å². The number of rotatable bonds is 7. The Labute approximate surface area is 125 Å². The Kier molecular flexibility index (Phi) is 6.56. The number of allylic oxidation sites excluding steroid dienone is 1. The molecule has 0 unspecified atom stereocenters. The van der Waals surface area contributed by atoms with Crippen LogP contribution in [-0.4, -0.2) is 24.2 Å². The Hall–Kier alpha value is -1.68. The molecule has 1 amide bonds. The number of hydrogen-bond donors (Lipinski definition) is 2. The van der Waals surface area contributed by atoms with E-state index in [-0.39, 0.29) is 23.7 Å². The van der Waals surface area contributed by atoms with E-state index in [2.05, 4.69) is 5.32 Å². The molecule has 0 bridgehead atoms. The number of amides is 1. The highest BCUT2D eigenvalue weighted by molar-refractivity contribution is 5.94. The SMILES string of the molecule is C/C(=C/C(=O)NCCCC(C)(C)CO)c1ccc(F)cc1. The van der Waals surface area contributed by atoms with Gasteiger partial charge < -0.3 is 10.4 Å². The summed E-state index contributed by atoms with van der Waals surface area (Å²) in [7, 11) is 0. The van der Waals surface area contributed by atoms with Crippen LogP contribution < -0.4 is 5.32 Å². The largest absolute Gasteiger partial charge is 0.396 e. The van der Waals surface area contributed by atoms with E-state index in [1.54, 1.807) is 12.1 Å². The summed E-state index contributed by atoms with van der Waals surface area (Å²) in [6, 6.07) is 6.06. The van der Waals surface area contributed by atoms with Crippen molar-refractivity contribution in [2.75, 3.05) is 13.2 Å². The molecule has 0 heterocycles. The molecule has 0 fully saturated rings. The molecule has 1 aromatic rings. The summed E-state index contributed by atoms with van der Waals surface area (Å²) in [6.07, 6.45) is 3.19. The van der Waals surface area contributed by atoms with Gasteiger partial charge in [-0.15, -0.1) is 0 Å². The van der Waals surface area contributed by atoms with E-state index in [1.165, 1.54) is 18.2 Å². The highest BCUT2D eigenvalue weighted by atomic mass is 19.1. The predicted octanol–water partition coefficient (Wildman–Crippen LogP) is 3.14. The second kappa shape index (κ2) is 7.93. The standard InChI is InChI=1S/C17H24FNO2/c1-13(14-5-7-15(18)8-6-14)11-16(21)19-10-4-9-17(2,3)12-20/h5-8,11,20H,4,9-10,12H2,1-3H3,(H,19,21)/b13-11-. The molecule has 0 aliphatic carbocycles. The molecule has 21 heavy (non-hydrogen) atoms. The van der Waals surface area contributed by atoms with Crippen LogP contribution in [0, 0.1) is 11.2 Å². The maximum Gasteiger partial charge on any atom is 0.244 e. The fraction of sp³-hybridized carbons (Fsp3) is 0.471. The third kappa shape index (κ3) is 6.54. The van der Waals surface area contributed by atoms with Gasteiger partial charge in [-0.05, 0) is 48.4 Å². The lowest BCUT2D eigenvalue weighted by molar-refractivity contribution is -0.116. The third-order valence-corrected chi connectivity index (χ3v) is 3.40. The van der Waals surface area contributed by atoms with E-state index < -0.39 is 0 Å². The topological polar surface area (TPSA) is 49.3 Å². The zero-order valence-electron chi connectivity index (χ0n) is 12.9. The molecule has 1 aromatic carbocycles. The van der Waals surface area contributed by atoms with Gasteiger partial charge in [0.2, 0.25) is 5.91 Å². The van der Waals surface area contributed by atoms with E-state index in [1.807, 2.05) is 20.8 Å². The van der Waals surface area contributed by atoms with Gasteiger partial charge in [0.25, 0.3) is 0 Å². The number of benzene rings is 1. The van der Waals surface area contributed by atoms with Gasteiger partial charge in [-0.2, -0.15) is 0 Å². The van der Waals surface area contributed by atoms with E-state index in [9.17, 15) is 9.18 Å². The Morgan fingerprint density at radius 3 is 2.52 bits per heavy atom. The molecule has 2 N–H and O–H groups in total. The molecule has 0 aliphatic rings. The first-order valence-electron chi connectivity index (χ1n) is 7.17. The van der Waals surface area contributed by atoms with E-state index in [0.29, 0.717) is 6.54 Å². The van der Waals surface area contributed by atoms with Crippen molar-refractivity contribution in [3.8, 4) is 0 Å². The van der Waals surface area contributed by atoms with Gasteiger partial charge >= 0.3 is 0 Å². The number of carbonyl (C=O) groups is 1. The molecule has 4 heteroatoms. The lowest BCUT2D eigenvalue weighted by Gasteiger charge is -2.21. The highest BCUT2D eigenvalue weighted by Crippen LogP contribution is 2.20. The summed E-state index contributed by atoms with van der Waals surface area (Å²) >= 11 is 0. The van der Waals surface area contributed by atoms with Crippen molar-refractivity contribution in [2.45, 2.75) is 33.6 Å². The number of halogens is 1. The molecule has 0 saturated carbocycles. The van der Waals surface area contributed by atoms with Gasteiger partial charge in [-0.3, -0.25) is 4.79 Å². The van der Waals surface area contributed by atoms with E-state index in [4.69, 9.17) is 5.11 Å². The Morgan fingerprint density at radius 1 is 1.33 bits per heavy atom. The summed E-state index contributed by atoms with van der Waals surface area (Å²) in [5.41, 5.74) is 1.51. The van der Waals surface area contributed by atoms with Crippen molar-refractivity contribution in [1.82, 2.24) is 5.32 Å². The van der Waals surface area contributed by atoms with Crippen molar-refractivity contribution < 1.29 is 14.3 Å². The van der Waals surface area contributed by atoms with Crippen LogP contribution >= 0.6 is 0 Å². The number of carbonyl (C=O) groups excluding carboxylic acids is 1. The number of nitrogens with one attached hydrogen (secondary N) is 1. The van der Waals surface area contributed by atoms with Gasteiger partial charge in [0, 0.05) is 19.2 Å². The molecular formula is C17H24FNO2. The van der Waals surface area contributed by atoms with Crippen LogP contribution in [0.1, 0.15) is 39.2 Å². The molecule has 116 valence electrons. The van der Waals surface area contributed by atoms with Crippen LogP contribution in [-0.2, 0) is 4.79 Å². The fourth-order valence-corrected chi connectivity index (χ4v) is 1.90. The predicted molar refractivity (Wildman–Crippen MR) is 83.2 cm³/mol. The summed E-state index contributed by atoms with van der Waals surface area (Å²) < 4.78 is 12.8. The first kappa shape index (κ1) is 17.4. The Morgan fingerprint density at radius 2 is 1.95 bits per heavy atom. The maximum absolute atomic E-state index is 12.8. The smallest absolute Gasteiger partial charge is 0.244 e. The molecule has 0 atom stereocenters. The minimum Gasteiger partial charge on any atom is -0.396 e. The molecule has 1 rings (SSSR count). The second-order valence-electron chi connectivity index (χ2n) is 6.05. The third-order valence-electron chi connectivity index (χ3n) is 3.40. The quantitative estimate of drug-likeness (QED) is 0.599. The maximum atomic E-state index is 12.8. The van der Waals surface area contributed by atoms with Crippen molar-refractivity contribution in [1.29, 1.82) is 0 Å². The molecule has 3 nitrogen and oxygen atoms in total. The van der Waals surface area contributed by atoms with Crippen LogP contribution in [0.4, 0.5) is 4.39 Å². The van der Waals surface area contributed by atoms with E-state index >= 15 is 0 Å². The molecule has 0 aromatic heterocycles. The van der Waals surface area contributed by atoms with Gasteiger partial charge in [0.1, 0.15) is 5.82 Å². The zero-order chi connectivity index (χ0) is 15.9. The van der Waals surface area contributed by atoms with Crippen LogP contribution in [0.25, 0.3) is 5.57 Å². The van der Waals surface area contributed by atoms with Crippen LogP contribution in [0.2, 0.25) is 0 Å². The average molecular weight is 293 g/mol. The van der Waals surface area contributed by atoms with Crippen LogP contribution in [0.3, 0.4) is 0 Å². The molecule has 0 radical (unpaired) electrons. The highest BCUT2D eigenvalue weighted by Gasteiger charge is 2.15. The van der Waals surface area contributed by atoms with Gasteiger partial charge in [-0.1, -0.05) is 26.0 Å². The number of aliphatic hydroxyl groups is 1. The Balaban J connectivity index is 2.42. The second-order valence-corrected chi connectivity index (χ2v) is 6.05. The summed E-state index contributed by atoms with van der Waals surface area (Å²) in [4.78, 5) is 11.8. The van der Waals surface area contributed by atoms with Crippen LogP contribution in [0.15, 0.2) is 30.3 Å². The van der Waals surface area contributed by atoms with Crippen LogP contribution in [0.5, 0.6) is 0 Å². The first-order valence-corrected chi connectivity index (χ1v) is 7.17. The summed E-state index contributed by atoms with van der Waals surface area (Å²) in [6.45, 7) is 6.53. The number of aliphatic hydroxyl groups excluding tert-OH is 1. The van der Waals surface area contributed by atoms with Gasteiger partial charge in [-0.25, -0.2) is 4.39 Å². The van der Waals surface area contributed by atoms with Crippen molar-refractivity contribution in [2.24, 2.45) is 5.41 Å². The van der Waals surface area contributed by atoms with Crippen molar-refractivity contribution in [3.05, 3.63) is 41.7 Å². The monoisotopic (exact) mass is 293 g/mol. The normalized spacial score (nSPS) is 12.3. The van der Waals surface area contributed by atoms with Gasteiger partial charge in [0.15, 0.2) is 0 Å².